The summed E-state index contributed by atoms with van der Waals surface area (Å²) < 4.78 is 0. The molecule has 0 fully saturated rings. The lowest BCUT2D eigenvalue weighted by molar-refractivity contribution is 0.690. The summed E-state index contributed by atoms with van der Waals surface area (Å²) in [5, 5.41) is 6.12. The van der Waals surface area contributed by atoms with Gasteiger partial charge in [0.1, 0.15) is 5.82 Å². The number of nitrogens with two attached hydrogens (primary N) is 1. The number of H-pyrrole nitrogens is 2. The van der Waals surface area contributed by atoms with Gasteiger partial charge in [-0.2, -0.15) is 5.10 Å². The fourth-order valence-corrected chi connectivity index (χ4v) is 1.43. The molecular formula is C10H12N4O. The van der Waals surface area contributed by atoms with Gasteiger partial charge in [0.2, 0.25) is 0 Å². The molecule has 0 spiro atoms. The van der Waals surface area contributed by atoms with Crippen LogP contribution in [0.4, 0.5) is 0 Å². The minimum absolute atomic E-state index is 0.148. The lowest BCUT2D eigenvalue weighted by Crippen LogP contribution is -2.14. The highest BCUT2D eigenvalue weighted by Gasteiger charge is 2.08. The summed E-state index contributed by atoms with van der Waals surface area (Å²) in [5.41, 5.74) is 6.69. The Hall–Kier alpha value is -1.88. The van der Waals surface area contributed by atoms with Gasteiger partial charge in [-0.3, -0.25) is 4.98 Å². The lowest BCUT2D eigenvalue weighted by atomic mass is 10.0. The van der Waals surface area contributed by atoms with Crippen molar-refractivity contribution in [1.82, 2.24) is 15.2 Å². The number of rotatable bonds is 3. The fourth-order valence-electron chi connectivity index (χ4n) is 1.43. The van der Waals surface area contributed by atoms with Crippen LogP contribution in [0.5, 0.6) is 0 Å². The number of hydrogen-bond acceptors (Lipinski definition) is 3. The van der Waals surface area contributed by atoms with Gasteiger partial charge in [-0.05, 0) is 5.56 Å². The van der Waals surface area contributed by atoms with E-state index in [9.17, 15) is 4.79 Å². The molecule has 78 valence electrons. The summed E-state index contributed by atoms with van der Waals surface area (Å²) in [5.74, 6) is 0.580. The van der Waals surface area contributed by atoms with Crippen LogP contribution in [0.2, 0.25) is 0 Å². The molecule has 1 aromatic carbocycles. The molecule has 1 unspecified atom stereocenters. The largest absolute Gasteiger partial charge is 0.340 e. The van der Waals surface area contributed by atoms with E-state index in [0.29, 0.717) is 12.2 Å². The Morgan fingerprint density at radius 3 is 2.67 bits per heavy atom. The Balaban J connectivity index is 2.10. The zero-order chi connectivity index (χ0) is 10.7. The van der Waals surface area contributed by atoms with Crippen molar-refractivity contribution in [1.29, 1.82) is 0 Å². The summed E-state index contributed by atoms with van der Waals surface area (Å²) in [6.45, 7) is 0. The molecule has 0 amide bonds. The quantitative estimate of drug-likeness (QED) is 0.673. The Kier molecular flexibility index (Phi) is 2.64. The molecule has 0 saturated heterocycles. The molecule has 0 aliphatic carbocycles. The summed E-state index contributed by atoms with van der Waals surface area (Å²) in [7, 11) is 0. The smallest absolute Gasteiger partial charge is 0.324 e. The Bertz CT molecular complexity index is 473. The summed E-state index contributed by atoms with van der Waals surface area (Å²) in [6.07, 6.45) is 0.517. The van der Waals surface area contributed by atoms with E-state index in [1.54, 1.807) is 0 Å². The van der Waals surface area contributed by atoms with E-state index in [1.807, 2.05) is 30.3 Å². The number of aromatic nitrogens is 3. The van der Waals surface area contributed by atoms with Crippen LogP contribution in [0.3, 0.4) is 0 Å². The van der Waals surface area contributed by atoms with Crippen molar-refractivity contribution in [2.24, 2.45) is 5.73 Å². The molecule has 15 heavy (non-hydrogen) atoms. The second-order valence-electron chi connectivity index (χ2n) is 3.35. The van der Waals surface area contributed by atoms with E-state index in [0.717, 1.165) is 5.56 Å². The third-order valence-electron chi connectivity index (χ3n) is 2.19. The first-order chi connectivity index (χ1) is 7.25. The van der Waals surface area contributed by atoms with E-state index in [1.165, 1.54) is 0 Å². The van der Waals surface area contributed by atoms with Crippen LogP contribution >= 0.6 is 0 Å². The fraction of sp³-hybridized carbons (Fsp3) is 0.200. The first kappa shape index (κ1) is 9.67. The normalized spacial score (nSPS) is 12.6. The zero-order valence-electron chi connectivity index (χ0n) is 8.10. The molecule has 0 aliphatic heterocycles. The van der Waals surface area contributed by atoms with Gasteiger partial charge >= 0.3 is 5.69 Å². The Morgan fingerprint density at radius 1 is 1.33 bits per heavy atom. The summed E-state index contributed by atoms with van der Waals surface area (Å²) in [4.78, 5) is 13.4. The first-order valence-electron chi connectivity index (χ1n) is 4.70. The van der Waals surface area contributed by atoms with Gasteiger partial charge in [0.25, 0.3) is 0 Å². The van der Waals surface area contributed by atoms with Crippen LogP contribution in [0.1, 0.15) is 17.4 Å². The van der Waals surface area contributed by atoms with Crippen molar-refractivity contribution in [3.8, 4) is 0 Å². The van der Waals surface area contributed by atoms with Crippen molar-refractivity contribution >= 4 is 0 Å². The monoisotopic (exact) mass is 204 g/mol. The van der Waals surface area contributed by atoms with Crippen molar-refractivity contribution < 1.29 is 0 Å². The molecule has 1 heterocycles. The SMILES string of the molecule is NC(Cc1n[nH]c(=O)[nH]1)c1ccccc1. The van der Waals surface area contributed by atoms with Gasteiger partial charge in [-0.25, -0.2) is 9.89 Å². The molecular weight excluding hydrogens is 192 g/mol. The molecule has 0 bridgehead atoms. The predicted octanol–water partition coefficient (Wildman–Crippen LogP) is 0.340. The van der Waals surface area contributed by atoms with Crippen LogP contribution in [0.25, 0.3) is 0 Å². The predicted molar refractivity (Wildman–Crippen MR) is 56.3 cm³/mol. The number of benzene rings is 1. The summed E-state index contributed by atoms with van der Waals surface area (Å²) >= 11 is 0. The maximum Gasteiger partial charge on any atom is 0.340 e. The number of hydrogen-bond donors (Lipinski definition) is 3. The highest BCUT2D eigenvalue weighted by atomic mass is 16.1. The second-order valence-corrected chi connectivity index (χ2v) is 3.35. The minimum Gasteiger partial charge on any atom is -0.324 e. The van der Waals surface area contributed by atoms with Gasteiger partial charge in [0.05, 0.1) is 0 Å². The number of aromatic amines is 2. The molecule has 4 N–H and O–H groups in total. The third kappa shape index (κ3) is 2.32. The number of nitrogens with one attached hydrogen (secondary N) is 2. The van der Waals surface area contributed by atoms with Crippen molar-refractivity contribution in [2.75, 3.05) is 0 Å². The second kappa shape index (κ2) is 4.10. The maximum atomic E-state index is 10.8. The topological polar surface area (TPSA) is 87.6 Å². The van der Waals surface area contributed by atoms with Crippen LogP contribution in [0, 0.1) is 0 Å². The highest BCUT2D eigenvalue weighted by molar-refractivity contribution is 5.19. The molecule has 1 atom stereocenters. The third-order valence-corrected chi connectivity index (χ3v) is 2.19. The minimum atomic E-state index is -0.301. The molecule has 5 nitrogen and oxygen atoms in total. The standard InChI is InChI=1S/C10H12N4O/c11-8(7-4-2-1-3-5-7)6-9-12-10(15)14-13-9/h1-5,8H,6,11H2,(H2,12,13,14,15). The Morgan fingerprint density at radius 2 is 2.07 bits per heavy atom. The zero-order valence-corrected chi connectivity index (χ0v) is 8.10. The van der Waals surface area contributed by atoms with Crippen molar-refractivity contribution in [2.45, 2.75) is 12.5 Å². The van der Waals surface area contributed by atoms with Crippen molar-refractivity contribution in [3.63, 3.8) is 0 Å². The average molecular weight is 204 g/mol. The maximum absolute atomic E-state index is 10.8. The molecule has 0 radical (unpaired) electrons. The van der Waals surface area contributed by atoms with E-state index >= 15 is 0 Å². The van der Waals surface area contributed by atoms with Crippen LogP contribution in [-0.2, 0) is 6.42 Å². The first-order valence-corrected chi connectivity index (χ1v) is 4.70. The van der Waals surface area contributed by atoms with Crippen molar-refractivity contribution in [3.05, 3.63) is 52.2 Å². The van der Waals surface area contributed by atoms with Gasteiger partial charge < -0.3 is 5.73 Å². The number of nitrogens with zero attached hydrogens (tertiary/aromatic N) is 1. The van der Waals surface area contributed by atoms with E-state index in [-0.39, 0.29) is 11.7 Å². The van der Waals surface area contributed by atoms with Crippen LogP contribution in [-0.4, -0.2) is 15.2 Å². The summed E-state index contributed by atoms with van der Waals surface area (Å²) in [6, 6.07) is 9.56. The molecule has 5 heteroatoms. The lowest BCUT2D eigenvalue weighted by Gasteiger charge is -2.09. The van der Waals surface area contributed by atoms with E-state index < -0.39 is 0 Å². The highest BCUT2D eigenvalue weighted by Crippen LogP contribution is 2.12. The molecule has 0 saturated carbocycles. The van der Waals surface area contributed by atoms with E-state index in [4.69, 9.17) is 5.73 Å². The van der Waals surface area contributed by atoms with Crippen LogP contribution < -0.4 is 11.4 Å². The van der Waals surface area contributed by atoms with Gasteiger partial charge in [-0.15, -0.1) is 0 Å². The van der Waals surface area contributed by atoms with Crippen LogP contribution in [0.15, 0.2) is 35.1 Å². The molecule has 2 aromatic rings. The van der Waals surface area contributed by atoms with Gasteiger partial charge in [-0.1, -0.05) is 30.3 Å². The van der Waals surface area contributed by atoms with Gasteiger partial charge in [0.15, 0.2) is 0 Å². The molecule has 1 aromatic heterocycles. The van der Waals surface area contributed by atoms with E-state index in [2.05, 4.69) is 15.2 Å². The molecule has 0 aliphatic rings. The molecule has 2 rings (SSSR count). The van der Waals surface area contributed by atoms with Gasteiger partial charge in [0, 0.05) is 12.5 Å². The Labute approximate surface area is 86.3 Å². The average Bonchev–Trinajstić information content (AvgIpc) is 2.65.